The van der Waals surface area contributed by atoms with E-state index in [2.05, 4.69) is 31.2 Å². The van der Waals surface area contributed by atoms with Crippen LogP contribution >= 0.6 is 0 Å². The number of phenols is 1. The third-order valence-electron chi connectivity index (χ3n) is 5.82. The molecule has 2 heteroatoms. The molecule has 4 rings (SSSR count). The minimum Gasteiger partial charge on any atom is -0.504 e. The summed E-state index contributed by atoms with van der Waals surface area (Å²) in [7, 11) is 1.63. The van der Waals surface area contributed by atoms with E-state index in [1.54, 1.807) is 12.7 Å². The number of hydrogen-bond acceptors (Lipinski definition) is 2. The Morgan fingerprint density at radius 2 is 2.10 bits per heavy atom. The molecular weight excluding hydrogens is 260 g/mol. The Kier molecular flexibility index (Phi) is 2.72. The second kappa shape index (κ2) is 4.40. The van der Waals surface area contributed by atoms with E-state index >= 15 is 0 Å². The van der Waals surface area contributed by atoms with E-state index in [-0.39, 0.29) is 5.75 Å². The van der Waals surface area contributed by atoms with Crippen LogP contribution in [0, 0.1) is 11.3 Å². The van der Waals surface area contributed by atoms with Gasteiger partial charge < -0.3 is 9.84 Å². The fraction of sp³-hybridized carbons (Fsp3) is 0.474. The highest BCUT2D eigenvalue weighted by Crippen LogP contribution is 2.57. The highest BCUT2D eigenvalue weighted by Gasteiger charge is 2.44. The second-order valence-corrected chi connectivity index (χ2v) is 6.91. The van der Waals surface area contributed by atoms with E-state index in [4.69, 9.17) is 4.74 Å². The van der Waals surface area contributed by atoms with E-state index in [0.717, 1.165) is 6.42 Å². The van der Waals surface area contributed by atoms with E-state index in [1.165, 1.54) is 30.4 Å². The number of aryl methyl sites for hydroxylation is 1. The summed E-state index contributed by atoms with van der Waals surface area (Å²) in [5.41, 5.74) is 4.62. The molecule has 0 aliphatic heterocycles. The van der Waals surface area contributed by atoms with Gasteiger partial charge in [-0.1, -0.05) is 30.7 Å². The molecule has 0 heterocycles. The van der Waals surface area contributed by atoms with E-state index in [1.807, 2.05) is 6.07 Å². The fourth-order valence-corrected chi connectivity index (χ4v) is 4.69. The predicted octanol–water partition coefficient (Wildman–Crippen LogP) is 4.34. The van der Waals surface area contributed by atoms with E-state index in [0.29, 0.717) is 23.0 Å². The van der Waals surface area contributed by atoms with Crippen LogP contribution in [0.1, 0.15) is 43.2 Å². The van der Waals surface area contributed by atoms with Gasteiger partial charge in [0.25, 0.3) is 0 Å². The SMILES string of the molecule is COc1cc2c(cc1O)CC[C@H]1C3=CC=C[C@@]3(C)CC[C@H]21. The molecule has 0 amide bonds. The topological polar surface area (TPSA) is 29.5 Å². The molecule has 1 aromatic carbocycles. The van der Waals surface area contributed by atoms with Crippen molar-refractivity contribution in [2.24, 2.45) is 11.3 Å². The number of benzene rings is 1. The summed E-state index contributed by atoms with van der Waals surface area (Å²) in [4.78, 5) is 0. The molecule has 0 spiro atoms. The predicted molar refractivity (Wildman–Crippen MR) is 83.8 cm³/mol. The van der Waals surface area contributed by atoms with Gasteiger partial charge in [0.05, 0.1) is 7.11 Å². The zero-order valence-corrected chi connectivity index (χ0v) is 12.7. The van der Waals surface area contributed by atoms with Crippen LogP contribution in [0.5, 0.6) is 11.5 Å². The van der Waals surface area contributed by atoms with Gasteiger partial charge in [0, 0.05) is 5.41 Å². The van der Waals surface area contributed by atoms with Crippen molar-refractivity contribution in [2.75, 3.05) is 7.11 Å². The molecule has 3 aliphatic rings. The van der Waals surface area contributed by atoms with Crippen LogP contribution in [-0.2, 0) is 6.42 Å². The highest BCUT2D eigenvalue weighted by atomic mass is 16.5. The van der Waals surface area contributed by atoms with Crippen molar-refractivity contribution in [3.05, 3.63) is 47.1 Å². The van der Waals surface area contributed by atoms with E-state index in [9.17, 15) is 5.11 Å². The largest absolute Gasteiger partial charge is 0.504 e. The zero-order chi connectivity index (χ0) is 14.6. The summed E-state index contributed by atoms with van der Waals surface area (Å²) in [5.74, 6) is 2.13. The molecule has 3 aliphatic carbocycles. The minimum absolute atomic E-state index is 0.275. The van der Waals surface area contributed by atoms with Gasteiger partial charge >= 0.3 is 0 Å². The first-order valence-electron chi connectivity index (χ1n) is 7.92. The molecule has 1 saturated carbocycles. The Morgan fingerprint density at radius 1 is 1.24 bits per heavy atom. The maximum Gasteiger partial charge on any atom is 0.160 e. The lowest BCUT2D eigenvalue weighted by atomic mass is 9.59. The van der Waals surface area contributed by atoms with Gasteiger partial charge in [-0.05, 0) is 60.8 Å². The van der Waals surface area contributed by atoms with Crippen molar-refractivity contribution < 1.29 is 9.84 Å². The van der Waals surface area contributed by atoms with Crippen molar-refractivity contribution >= 4 is 0 Å². The first-order chi connectivity index (χ1) is 10.1. The van der Waals surface area contributed by atoms with Crippen LogP contribution in [0.15, 0.2) is 35.9 Å². The van der Waals surface area contributed by atoms with Crippen molar-refractivity contribution in [1.82, 2.24) is 0 Å². The van der Waals surface area contributed by atoms with Gasteiger partial charge in [-0.25, -0.2) is 0 Å². The van der Waals surface area contributed by atoms with Crippen LogP contribution < -0.4 is 4.74 Å². The smallest absolute Gasteiger partial charge is 0.160 e. The van der Waals surface area contributed by atoms with Crippen LogP contribution in [0.25, 0.3) is 0 Å². The number of fused-ring (bicyclic) bond motifs is 5. The summed E-state index contributed by atoms with van der Waals surface area (Å²) in [6.45, 7) is 2.38. The first kappa shape index (κ1) is 13.0. The molecule has 0 unspecified atom stereocenters. The molecule has 0 bridgehead atoms. The molecule has 0 aromatic heterocycles. The summed E-state index contributed by atoms with van der Waals surface area (Å²) in [6, 6.07) is 3.99. The summed E-state index contributed by atoms with van der Waals surface area (Å²) >= 11 is 0. The lowest BCUT2D eigenvalue weighted by molar-refractivity contribution is 0.258. The number of rotatable bonds is 1. The molecule has 0 saturated heterocycles. The zero-order valence-electron chi connectivity index (χ0n) is 12.7. The molecule has 1 N–H and O–H groups in total. The summed E-state index contributed by atoms with van der Waals surface area (Å²) < 4.78 is 5.32. The Labute approximate surface area is 126 Å². The maximum absolute atomic E-state index is 10.0. The van der Waals surface area contributed by atoms with Gasteiger partial charge in [0.2, 0.25) is 0 Å². The Morgan fingerprint density at radius 3 is 2.90 bits per heavy atom. The third-order valence-corrected chi connectivity index (χ3v) is 5.82. The second-order valence-electron chi connectivity index (χ2n) is 6.91. The van der Waals surface area contributed by atoms with E-state index < -0.39 is 0 Å². The molecule has 0 radical (unpaired) electrons. The van der Waals surface area contributed by atoms with Gasteiger partial charge in [0.15, 0.2) is 11.5 Å². The van der Waals surface area contributed by atoms with Crippen LogP contribution in [0.2, 0.25) is 0 Å². The molecular formula is C19H22O2. The molecule has 1 aromatic rings. The number of allylic oxidation sites excluding steroid dienone is 4. The fourth-order valence-electron chi connectivity index (χ4n) is 4.69. The van der Waals surface area contributed by atoms with Crippen LogP contribution in [-0.4, -0.2) is 12.2 Å². The number of methoxy groups -OCH3 is 1. The van der Waals surface area contributed by atoms with Gasteiger partial charge in [0.1, 0.15) is 0 Å². The Balaban J connectivity index is 1.77. The molecule has 2 nitrogen and oxygen atoms in total. The minimum atomic E-state index is 0.275. The standard InChI is InChI=1S/C19H22O2/c1-19-8-3-4-16(19)14-6-5-12-10-17(20)18(21-2)11-15(12)13(14)7-9-19/h3-4,8,10-11,13-14,20H,5-7,9H2,1-2H3/t13-,14+,19-/m0/s1. The lowest BCUT2D eigenvalue weighted by Gasteiger charge is -2.45. The summed E-state index contributed by atoms with van der Waals surface area (Å²) in [5, 5.41) is 10.0. The molecule has 110 valence electrons. The third kappa shape index (κ3) is 1.78. The quantitative estimate of drug-likeness (QED) is 0.830. The first-order valence-corrected chi connectivity index (χ1v) is 7.92. The highest BCUT2D eigenvalue weighted by molar-refractivity contribution is 5.51. The number of ether oxygens (including phenoxy) is 1. The lowest BCUT2D eigenvalue weighted by Crippen LogP contribution is -2.34. The maximum atomic E-state index is 10.0. The van der Waals surface area contributed by atoms with Gasteiger partial charge in [-0.3, -0.25) is 0 Å². The monoisotopic (exact) mass is 282 g/mol. The van der Waals surface area contributed by atoms with Crippen molar-refractivity contribution in [3.8, 4) is 11.5 Å². The summed E-state index contributed by atoms with van der Waals surface area (Å²) in [6.07, 6.45) is 11.7. The Bertz CT molecular complexity index is 656. The average molecular weight is 282 g/mol. The number of hydrogen-bond donors (Lipinski definition) is 1. The van der Waals surface area contributed by atoms with Crippen molar-refractivity contribution in [1.29, 1.82) is 0 Å². The normalized spacial score (nSPS) is 33.0. The number of aromatic hydroxyl groups is 1. The van der Waals surface area contributed by atoms with Crippen LogP contribution in [0.3, 0.4) is 0 Å². The van der Waals surface area contributed by atoms with Gasteiger partial charge in [-0.15, -0.1) is 0 Å². The molecule has 1 fully saturated rings. The molecule has 21 heavy (non-hydrogen) atoms. The Hall–Kier alpha value is -1.70. The average Bonchev–Trinajstić information content (AvgIpc) is 2.88. The van der Waals surface area contributed by atoms with Crippen molar-refractivity contribution in [2.45, 2.75) is 38.5 Å². The van der Waals surface area contributed by atoms with Gasteiger partial charge in [-0.2, -0.15) is 0 Å². The number of phenolic OH excluding ortho intramolecular Hbond substituents is 1. The van der Waals surface area contributed by atoms with Crippen molar-refractivity contribution in [3.63, 3.8) is 0 Å². The van der Waals surface area contributed by atoms with Crippen LogP contribution in [0.4, 0.5) is 0 Å². The molecule has 3 atom stereocenters.